The normalized spacial score (nSPS) is 22.6. The van der Waals surface area contributed by atoms with E-state index in [1.54, 1.807) is 19.2 Å². The molecule has 1 aliphatic heterocycles. The van der Waals surface area contributed by atoms with Crippen LogP contribution >= 0.6 is 11.6 Å². The first-order valence-corrected chi connectivity index (χ1v) is 7.92. The zero-order chi connectivity index (χ0) is 13.3. The molecular formula is C12H15ClFNO2S. The molecule has 0 N–H and O–H groups in total. The molecule has 18 heavy (non-hydrogen) atoms. The Hall–Kier alpha value is -0.650. The number of sulfone groups is 1. The van der Waals surface area contributed by atoms with Gasteiger partial charge in [-0.25, -0.2) is 12.8 Å². The summed E-state index contributed by atoms with van der Waals surface area (Å²) in [4.78, 5) is 1.86. The summed E-state index contributed by atoms with van der Waals surface area (Å²) in [5, 5.41) is 0.378. The Balaban J connectivity index is 2.10. The minimum absolute atomic E-state index is 0.0503. The molecule has 1 aromatic carbocycles. The highest BCUT2D eigenvalue weighted by Gasteiger charge is 2.31. The Morgan fingerprint density at radius 2 is 2.22 bits per heavy atom. The molecular weight excluding hydrogens is 277 g/mol. The van der Waals surface area contributed by atoms with Gasteiger partial charge < -0.3 is 0 Å². The molecule has 1 atom stereocenters. The monoisotopic (exact) mass is 291 g/mol. The lowest BCUT2D eigenvalue weighted by atomic mass is 10.1. The maximum atomic E-state index is 13.6. The Labute approximate surface area is 111 Å². The van der Waals surface area contributed by atoms with Gasteiger partial charge in [-0.05, 0) is 25.6 Å². The highest BCUT2D eigenvalue weighted by atomic mass is 35.5. The molecule has 0 bridgehead atoms. The quantitative estimate of drug-likeness (QED) is 0.856. The lowest BCUT2D eigenvalue weighted by Crippen LogP contribution is -2.32. The fourth-order valence-electron chi connectivity index (χ4n) is 2.18. The number of hydrogen-bond donors (Lipinski definition) is 0. The summed E-state index contributed by atoms with van der Waals surface area (Å²) in [7, 11) is -1.12. The Morgan fingerprint density at radius 3 is 2.78 bits per heavy atom. The summed E-state index contributed by atoms with van der Waals surface area (Å²) < 4.78 is 36.4. The van der Waals surface area contributed by atoms with E-state index in [2.05, 4.69) is 0 Å². The molecule has 1 aliphatic rings. The van der Waals surface area contributed by atoms with Gasteiger partial charge in [-0.1, -0.05) is 17.7 Å². The molecule has 0 aromatic heterocycles. The van der Waals surface area contributed by atoms with Gasteiger partial charge in [0.2, 0.25) is 0 Å². The summed E-state index contributed by atoms with van der Waals surface area (Å²) in [5.74, 6) is 0.0120. The smallest absolute Gasteiger partial charge is 0.151 e. The van der Waals surface area contributed by atoms with Crippen LogP contribution < -0.4 is 0 Å². The van der Waals surface area contributed by atoms with Gasteiger partial charge in [-0.3, -0.25) is 4.90 Å². The van der Waals surface area contributed by atoms with Gasteiger partial charge in [-0.2, -0.15) is 0 Å². The summed E-state index contributed by atoms with van der Waals surface area (Å²) in [6.45, 7) is 0.325. The van der Waals surface area contributed by atoms with Crippen molar-refractivity contribution in [1.82, 2.24) is 4.90 Å². The van der Waals surface area contributed by atoms with E-state index in [4.69, 9.17) is 11.6 Å². The van der Waals surface area contributed by atoms with Crippen molar-refractivity contribution in [3.05, 3.63) is 34.6 Å². The average molecular weight is 292 g/mol. The fourth-order valence-corrected chi connectivity index (χ4v) is 4.21. The number of rotatable bonds is 3. The Morgan fingerprint density at radius 1 is 1.50 bits per heavy atom. The van der Waals surface area contributed by atoms with Gasteiger partial charge in [0.05, 0.1) is 11.5 Å². The molecule has 2 rings (SSSR count). The number of nitrogens with zero attached hydrogens (tertiary/aromatic N) is 1. The maximum Gasteiger partial charge on any atom is 0.151 e. The minimum atomic E-state index is -2.92. The first kappa shape index (κ1) is 13.8. The van der Waals surface area contributed by atoms with Crippen molar-refractivity contribution in [2.75, 3.05) is 18.6 Å². The first-order valence-electron chi connectivity index (χ1n) is 5.72. The Bertz CT molecular complexity index is 527. The van der Waals surface area contributed by atoms with E-state index in [0.29, 0.717) is 23.6 Å². The van der Waals surface area contributed by atoms with Gasteiger partial charge in [0.1, 0.15) is 5.82 Å². The van der Waals surface area contributed by atoms with Crippen LogP contribution in [0.2, 0.25) is 5.02 Å². The molecule has 0 amide bonds. The second-order valence-corrected chi connectivity index (χ2v) is 7.31. The molecule has 1 fully saturated rings. The van der Waals surface area contributed by atoms with Crippen molar-refractivity contribution >= 4 is 21.4 Å². The summed E-state index contributed by atoms with van der Waals surface area (Å²) in [6.07, 6.45) is 0.602. The van der Waals surface area contributed by atoms with E-state index >= 15 is 0 Å². The van der Waals surface area contributed by atoms with Crippen molar-refractivity contribution < 1.29 is 12.8 Å². The van der Waals surface area contributed by atoms with Crippen LogP contribution in [-0.2, 0) is 16.4 Å². The highest BCUT2D eigenvalue weighted by Crippen LogP contribution is 2.23. The van der Waals surface area contributed by atoms with Gasteiger partial charge in [-0.15, -0.1) is 0 Å². The molecule has 1 unspecified atom stereocenters. The van der Waals surface area contributed by atoms with Crippen LogP contribution in [0.4, 0.5) is 4.39 Å². The van der Waals surface area contributed by atoms with Gasteiger partial charge >= 0.3 is 0 Å². The minimum Gasteiger partial charge on any atom is -0.298 e. The van der Waals surface area contributed by atoms with E-state index in [1.807, 2.05) is 4.90 Å². The van der Waals surface area contributed by atoms with E-state index in [9.17, 15) is 12.8 Å². The average Bonchev–Trinajstić information content (AvgIpc) is 2.64. The van der Waals surface area contributed by atoms with Crippen LogP contribution in [0.3, 0.4) is 0 Å². The second-order valence-electron chi connectivity index (χ2n) is 4.67. The molecule has 1 aromatic rings. The lowest BCUT2D eigenvalue weighted by molar-refractivity contribution is 0.250. The van der Waals surface area contributed by atoms with Gasteiger partial charge in [0.25, 0.3) is 0 Å². The molecule has 0 saturated carbocycles. The topological polar surface area (TPSA) is 37.4 Å². The van der Waals surface area contributed by atoms with Gasteiger partial charge in [0.15, 0.2) is 9.84 Å². The van der Waals surface area contributed by atoms with Crippen molar-refractivity contribution in [3.63, 3.8) is 0 Å². The van der Waals surface area contributed by atoms with Gasteiger partial charge in [0, 0.05) is 23.2 Å². The summed E-state index contributed by atoms with van der Waals surface area (Å²) in [6, 6.07) is 4.51. The largest absolute Gasteiger partial charge is 0.298 e. The zero-order valence-electron chi connectivity index (χ0n) is 10.1. The van der Waals surface area contributed by atoms with Crippen LogP contribution in [0.25, 0.3) is 0 Å². The standard InChI is InChI=1S/C12H15ClFNO2S/c1-15(9-5-6-18(16,17)8-9)7-10-11(13)3-2-4-12(10)14/h2-4,9H,5-8H2,1H3. The van der Waals surface area contributed by atoms with Crippen molar-refractivity contribution in [2.24, 2.45) is 0 Å². The van der Waals surface area contributed by atoms with Crippen molar-refractivity contribution in [3.8, 4) is 0 Å². The molecule has 6 heteroatoms. The highest BCUT2D eigenvalue weighted by molar-refractivity contribution is 7.91. The third kappa shape index (κ3) is 3.02. The van der Waals surface area contributed by atoms with Crippen LogP contribution in [0.1, 0.15) is 12.0 Å². The number of hydrogen-bond acceptors (Lipinski definition) is 3. The predicted molar refractivity (Wildman–Crippen MR) is 69.9 cm³/mol. The molecule has 1 saturated heterocycles. The molecule has 0 aliphatic carbocycles. The van der Waals surface area contributed by atoms with Crippen LogP contribution in [0.15, 0.2) is 18.2 Å². The van der Waals surface area contributed by atoms with Crippen LogP contribution in [0.5, 0.6) is 0 Å². The molecule has 3 nitrogen and oxygen atoms in total. The molecule has 100 valence electrons. The third-order valence-corrected chi connectivity index (χ3v) is 5.41. The fraction of sp³-hybridized carbons (Fsp3) is 0.500. The number of benzene rings is 1. The zero-order valence-corrected chi connectivity index (χ0v) is 11.6. The molecule has 0 radical (unpaired) electrons. The number of halogens is 2. The van der Waals surface area contributed by atoms with Crippen molar-refractivity contribution in [1.29, 1.82) is 0 Å². The Kier molecular flexibility index (Phi) is 3.94. The summed E-state index contributed by atoms with van der Waals surface area (Å²) in [5.41, 5.74) is 0.422. The first-order chi connectivity index (χ1) is 8.39. The molecule has 0 spiro atoms. The second kappa shape index (κ2) is 5.15. The van der Waals surface area contributed by atoms with E-state index in [0.717, 1.165) is 0 Å². The third-order valence-electron chi connectivity index (χ3n) is 3.30. The van der Waals surface area contributed by atoms with Crippen LogP contribution in [0, 0.1) is 5.82 Å². The van der Waals surface area contributed by atoms with E-state index in [1.165, 1.54) is 6.07 Å². The van der Waals surface area contributed by atoms with Crippen LogP contribution in [-0.4, -0.2) is 37.9 Å². The SMILES string of the molecule is CN(Cc1c(F)cccc1Cl)C1CCS(=O)(=O)C1. The maximum absolute atomic E-state index is 13.6. The molecule has 1 heterocycles. The summed E-state index contributed by atoms with van der Waals surface area (Å²) >= 11 is 5.95. The predicted octanol–water partition coefficient (Wildman–Crippen LogP) is 2.10. The van der Waals surface area contributed by atoms with E-state index in [-0.39, 0.29) is 23.4 Å². The van der Waals surface area contributed by atoms with E-state index < -0.39 is 9.84 Å². The van der Waals surface area contributed by atoms with Crippen molar-refractivity contribution in [2.45, 2.75) is 19.0 Å². The lowest BCUT2D eigenvalue weighted by Gasteiger charge is -2.23.